The molecule has 6 nitrogen and oxygen atoms in total. The molecular weight excluding hydrogens is 386 g/mol. The third-order valence-corrected chi connectivity index (χ3v) is 5.54. The summed E-state index contributed by atoms with van der Waals surface area (Å²) >= 11 is 5.95. The number of piperazine rings is 1. The standard InChI is InChI=1S/C22H24ClN5O/c1-26-21(15-20(25-26)17-7-9-18(23)10-8-17)24-22(29)16-27-11-13-28(14-12-27)19-5-3-2-4-6-19/h2-10,15H,11-14,16H2,1H3,(H,24,29)/p+1. The van der Waals surface area contributed by atoms with Gasteiger partial charge in [-0.05, 0) is 24.3 Å². The Bertz CT molecular complexity index is 963. The van der Waals surface area contributed by atoms with Crippen LogP contribution in [0.5, 0.6) is 0 Å². The number of amides is 1. The first-order valence-electron chi connectivity index (χ1n) is 9.82. The summed E-state index contributed by atoms with van der Waals surface area (Å²) < 4.78 is 1.70. The van der Waals surface area contributed by atoms with Gasteiger partial charge in [-0.3, -0.25) is 9.48 Å². The maximum absolute atomic E-state index is 12.6. The van der Waals surface area contributed by atoms with Crippen molar-refractivity contribution in [1.82, 2.24) is 9.78 Å². The zero-order chi connectivity index (χ0) is 20.2. The molecule has 1 aromatic heterocycles. The van der Waals surface area contributed by atoms with Gasteiger partial charge in [-0.15, -0.1) is 0 Å². The second-order valence-electron chi connectivity index (χ2n) is 7.34. The molecule has 2 aromatic carbocycles. The van der Waals surface area contributed by atoms with Crippen LogP contribution < -0.4 is 15.1 Å². The number of aryl methyl sites for hydroxylation is 1. The average Bonchev–Trinajstić information content (AvgIpc) is 3.10. The van der Waals surface area contributed by atoms with Crippen LogP contribution in [0.3, 0.4) is 0 Å². The summed E-state index contributed by atoms with van der Waals surface area (Å²) in [6.07, 6.45) is 0. The third-order valence-electron chi connectivity index (χ3n) is 5.29. The lowest BCUT2D eigenvalue weighted by atomic mass is 10.1. The smallest absolute Gasteiger partial charge is 0.280 e. The van der Waals surface area contributed by atoms with Gasteiger partial charge in [0.1, 0.15) is 5.82 Å². The lowest BCUT2D eigenvalue weighted by molar-refractivity contribution is -0.892. The Morgan fingerprint density at radius 3 is 2.48 bits per heavy atom. The predicted octanol–water partition coefficient (Wildman–Crippen LogP) is 2.08. The van der Waals surface area contributed by atoms with Gasteiger partial charge in [0.25, 0.3) is 5.91 Å². The Morgan fingerprint density at radius 2 is 1.79 bits per heavy atom. The van der Waals surface area contributed by atoms with Crippen molar-refractivity contribution in [3.8, 4) is 11.3 Å². The van der Waals surface area contributed by atoms with Gasteiger partial charge in [0, 0.05) is 29.4 Å². The summed E-state index contributed by atoms with van der Waals surface area (Å²) in [6, 6.07) is 19.8. The number of anilines is 2. The number of hydrogen-bond donors (Lipinski definition) is 2. The van der Waals surface area contributed by atoms with Crippen molar-refractivity contribution in [3.05, 3.63) is 65.7 Å². The first-order valence-corrected chi connectivity index (χ1v) is 10.2. The zero-order valence-electron chi connectivity index (χ0n) is 16.4. The minimum Gasteiger partial charge on any atom is -0.360 e. The minimum absolute atomic E-state index is 0.0128. The molecule has 1 saturated heterocycles. The van der Waals surface area contributed by atoms with E-state index in [9.17, 15) is 4.79 Å². The van der Waals surface area contributed by atoms with E-state index >= 15 is 0 Å². The molecule has 0 saturated carbocycles. The van der Waals surface area contributed by atoms with Crippen LogP contribution in [0.2, 0.25) is 5.02 Å². The van der Waals surface area contributed by atoms with Crippen molar-refractivity contribution in [1.29, 1.82) is 0 Å². The summed E-state index contributed by atoms with van der Waals surface area (Å²) in [5.41, 5.74) is 3.03. The number of carbonyl (C=O) groups excluding carboxylic acids is 1. The number of benzene rings is 2. The number of rotatable bonds is 5. The van der Waals surface area contributed by atoms with Crippen molar-refractivity contribution >= 4 is 29.0 Å². The highest BCUT2D eigenvalue weighted by Crippen LogP contribution is 2.23. The van der Waals surface area contributed by atoms with Gasteiger partial charge >= 0.3 is 0 Å². The largest absolute Gasteiger partial charge is 0.360 e. The van der Waals surface area contributed by atoms with Crippen molar-refractivity contribution in [2.24, 2.45) is 7.05 Å². The zero-order valence-corrected chi connectivity index (χ0v) is 17.2. The molecule has 0 radical (unpaired) electrons. The predicted molar refractivity (Wildman–Crippen MR) is 117 cm³/mol. The van der Waals surface area contributed by atoms with Crippen molar-refractivity contribution in [3.63, 3.8) is 0 Å². The first-order chi connectivity index (χ1) is 14.1. The molecule has 0 aliphatic carbocycles. The summed E-state index contributed by atoms with van der Waals surface area (Å²) in [5, 5.41) is 8.19. The number of nitrogens with zero attached hydrogens (tertiary/aromatic N) is 3. The molecule has 150 valence electrons. The highest BCUT2D eigenvalue weighted by molar-refractivity contribution is 6.30. The number of hydrogen-bond acceptors (Lipinski definition) is 3. The van der Waals surface area contributed by atoms with Gasteiger partial charge in [-0.2, -0.15) is 5.10 Å². The highest BCUT2D eigenvalue weighted by atomic mass is 35.5. The lowest BCUT2D eigenvalue weighted by Gasteiger charge is -2.33. The van der Waals surface area contributed by atoms with Gasteiger partial charge in [0.2, 0.25) is 0 Å². The van der Waals surface area contributed by atoms with E-state index in [1.807, 2.05) is 43.4 Å². The number of aromatic nitrogens is 2. The van der Waals surface area contributed by atoms with E-state index in [-0.39, 0.29) is 5.91 Å². The Morgan fingerprint density at radius 1 is 1.10 bits per heavy atom. The van der Waals surface area contributed by atoms with Crippen LogP contribution in [-0.2, 0) is 11.8 Å². The van der Waals surface area contributed by atoms with E-state index in [1.54, 1.807) is 4.68 Å². The first kappa shape index (κ1) is 19.5. The fourth-order valence-electron chi connectivity index (χ4n) is 3.66. The number of nitrogens with one attached hydrogen (secondary N) is 2. The third kappa shape index (κ3) is 4.78. The SMILES string of the molecule is Cn1nc(-c2ccc(Cl)cc2)cc1NC(=O)C[NH+]1CCN(c2ccccc2)CC1. The molecule has 0 unspecified atom stereocenters. The van der Waals surface area contributed by atoms with E-state index in [2.05, 4.69) is 39.6 Å². The molecule has 0 spiro atoms. The maximum atomic E-state index is 12.6. The van der Waals surface area contributed by atoms with Crippen LogP contribution in [-0.4, -0.2) is 48.4 Å². The van der Waals surface area contributed by atoms with E-state index in [1.165, 1.54) is 10.6 Å². The van der Waals surface area contributed by atoms with E-state index in [4.69, 9.17) is 11.6 Å². The van der Waals surface area contributed by atoms with Crippen molar-refractivity contribution < 1.29 is 9.69 Å². The molecular formula is C22H25ClN5O+. The average molecular weight is 411 g/mol. The Labute approximate surface area is 175 Å². The summed E-state index contributed by atoms with van der Waals surface area (Å²) in [6.45, 7) is 4.27. The molecule has 2 heterocycles. The van der Waals surface area contributed by atoms with Gasteiger partial charge in [0.15, 0.2) is 6.54 Å². The van der Waals surface area contributed by atoms with E-state index in [0.29, 0.717) is 17.4 Å². The highest BCUT2D eigenvalue weighted by Gasteiger charge is 2.23. The molecule has 29 heavy (non-hydrogen) atoms. The molecule has 3 aromatic rings. The van der Waals surface area contributed by atoms with Gasteiger partial charge in [0.05, 0.1) is 31.9 Å². The minimum atomic E-state index is 0.0128. The molecule has 1 aliphatic heterocycles. The summed E-state index contributed by atoms with van der Waals surface area (Å²) in [4.78, 5) is 16.2. The Hall–Kier alpha value is -2.83. The van der Waals surface area contributed by atoms with Crippen LogP contribution >= 0.6 is 11.6 Å². The lowest BCUT2D eigenvalue weighted by Crippen LogP contribution is -3.15. The molecule has 7 heteroatoms. The molecule has 1 fully saturated rings. The van der Waals surface area contributed by atoms with Gasteiger partial charge in [-0.1, -0.05) is 41.9 Å². The maximum Gasteiger partial charge on any atom is 0.280 e. The topological polar surface area (TPSA) is 54.6 Å². The number of para-hydroxylation sites is 1. The second-order valence-corrected chi connectivity index (χ2v) is 7.78. The van der Waals surface area contributed by atoms with Crippen molar-refractivity contribution in [2.75, 3.05) is 42.9 Å². The monoisotopic (exact) mass is 410 g/mol. The molecule has 0 bridgehead atoms. The normalized spacial score (nSPS) is 14.8. The molecule has 4 rings (SSSR count). The Balaban J connectivity index is 1.32. The fraction of sp³-hybridized carbons (Fsp3) is 0.273. The number of halogens is 1. The van der Waals surface area contributed by atoms with Crippen LogP contribution in [0, 0.1) is 0 Å². The van der Waals surface area contributed by atoms with Crippen molar-refractivity contribution in [2.45, 2.75) is 0 Å². The molecule has 1 amide bonds. The van der Waals surface area contributed by atoms with Gasteiger partial charge < -0.3 is 15.1 Å². The van der Waals surface area contributed by atoms with Crippen LogP contribution in [0.4, 0.5) is 11.5 Å². The van der Waals surface area contributed by atoms with Gasteiger partial charge in [-0.25, -0.2) is 0 Å². The fourth-order valence-corrected chi connectivity index (χ4v) is 3.78. The number of carbonyl (C=O) groups is 1. The Kier molecular flexibility index (Phi) is 5.83. The second kappa shape index (κ2) is 8.68. The van der Waals surface area contributed by atoms with E-state index < -0.39 is 0 Å². The molecule has 1 aliphatic rings. The molecule has 2 N–H and O–H groups in total. The van der Waals surface area contributed by atoms with Crippen LogP contribution in [0.1, 0.15) is 0 Å². The van der Waals surface area contributed by atoms with Crippen LogP contribution in [0.25, 0.3) is 11.3 Å². The summed E-state index contributed by atoms with van der Waals surface area (Å²) in [5.74, 6) is 0.709. The summed E-state index contributed by atoms with van der Waals surface area (Å²) in [7, 11) is 1.83. The molecule has 0 atom stereocenters. The number of quaternary nitrogens is 1. The van der Waals surface area contributed by atoms with Crippen LogP contribution in [0.15, 0.2) is 60.7 Å². The quantitative estimate of drug-likeness (QED) is 0.677. The van der Waals surface area contributed by atoms with E-state index in [0.717, 1.165) is 37.4 Å².